The first kappa shape index (κ1) is 16.0. The first-order valence-electron chi connectivity index (χ1n) is 7.69. The lowest BCUT2D eigenvalue weighted by atomic mass is 10.1. The van der Waals surface area contributed by atoms with E-state index in [9.17, 15) is 4.79 Å². The highest BCUT2D eigenvalue weighted by Gasteiger charge is 2.27. The minimum atomic E-state index is -0.142. The second-order valence-corrected chi connectivity index (χ2v) is 6.71. The van der Waals surface area contributed by atoms with Gasteiger partial charge in [0.25, 0.3) is 0 Å². The number of amides is 2. The molecule has 6 nitrogen and oxygen atoms in total. The molecule has 3 heterocycles. The van der Waals surface area contributed by atoms with E-state index in [0.29, 0.717) is 19.7 Å². The zero-order chi connectivity index (χ0) is 16.4. The lowest BCUT2D eigenvalue weighted by Gasteiger charge is -2.33. The van der Waals surface area contributed by atoms with Crippen molar-refractivity contribution >= 4 is 17.4 Å². The number of hydrogen-bond acceptors (Lipinski definition) is 5. The number of thiophene rings is 1. The monoisotopic (exact) mass is 335 g/mol. The van der Waals surface area contributed by atoms with Crippen molar-refractivity contribution in [1.82, 2.24) is 15.4 Å². The third-order valence-electron chi connectivity index (χ3n) is 4.08. The fraction of sp³-hybridized carbons (Fsp3) is 0.500. The van der Waals surface area contributed by atoms with Crippen LogP contribution in [0, 0.1) is 13.8 Å². The molecule has 2 atom stereocenters. The molecule has 124 valence electrons. The molecule has 2 aromatic rings. The van der Waals surface area contributed by atoms with Crippen LogP contribution in [0.1, 0.15) is 41.0 Å². The van der Waals surface area contributed by atoms with E-state index in [0.717, 1.165) is 21.9 Å². The summed E-state index contributed by atoms with van der Waals surface area (Å²) < 4.78 is 11.0. The average molecular weight is 335 g/mol. The normalized spacial score (nSPS) is 19.6. The Balaban J connectivity index is 1.64. The number of rotatable bonds is 3. The Labute approximate surface area is 139 Å². The van der Waals surface area contributed by atoms with Crippen LogP contribution in [-0.2, 0) is 4.74 Å². The molecule has 2 amide bonds. The SMILES string of the molecule is Cc1noc(C)c1[C@H](C)NC(=O)N1CCO[C@@H](c2cccs2)C1. The summed E-state index contributed by atoms with van der Waals surface area (Å²) in [5.74, 6) is 0.744. The van der Waals surface area contributed by atoms with E-state index in [1.165, 1.54) is 0 Å². The van der Waals surface area contributed by atoms with Gasteiger partial charge in [0.05, 0.1) is 24.9 Å². The summed E-state index contributed by atoms with van der Waals surface area (Å²) in [5.41, 5.74) is 1.76. The van der Waals surface area contributed by atoms with Crippen molar-refractivity contribution in [3.05, 3.63) is 39.4 Å². The summed E-state index contributed by atoms with van der Waals surface area (Å²) in [5, 5.41) is 9.00. The van der Waals surface area contributed by atoms with E-state index in [4.69, 9.17) is 9.26 Å². The van der Waals surface area contributed by atoms with Crippen molar-refractivity contribution in [2.45, 2.75) is 32.9 Å². The summed E-state index contributed by atoms with van der Waals surface area (Å²) >= 11 is 1.66. The molecule has 0 bridgehead atoms. The van der Waals surface area contributed by atoms with Crippen LogP contribution >= 0.6 is 11.3 Å². The lowest BCUT2D eigenvalue weighted by Crippen LogP contribution is -2.47. The highest BCUT2D eigenvalue weighted by Crippen LogP contribution is 2.26. The van der Waals surface area contributed by atoms with Crippen molar-refractivity contribution in [3.63, 3.8) is 0 Å². The molecule has 0 unspecified atom stereocenters. The first-order chi connectivity index (χ1) is 11.1. The van der Waals surface area contributed by atoms with Crippen LogP contribution in [0.3, 0.4) is 0 Å². The molecule has 3 rings (SSSR count). The van der Waals surface area contributed by atoms with E-state index in [1.54, 1.807) is 11.3 Å². The molecule has 23 heavy (non-hydrogen) atoms. The number of ether oxygens (including phenoxy) is 1. The van der Waals surface area contributed by atoms with Gasteiger partial charge in [-0.15, -0.1) is 11.3 Å². The van der Waals surface area contributed by atoms with E-state index < -0.39 is 0 Å². The fourth-order valence-electron chi connectivity index (χ4n) is 2.94. The number of carbonyl (C=O) groups excluding carboxylic acids is 1. The van der Waals surface area contributed by atoms with Gasteiger partial charge in [-0.1, -0.05) is 11.2 Å². The quantitative estimate of drug-likeness (QED) is 0.935. The Hall–Kier alpha value is -1.86. The molecule has 1 aliphatic heterocycles. The Bertz CT molecular complexity index is 649. The Morgan fingerprint density at radius 3 is 3.00 bits per heavy atom. The van der Waals surface area contributed by atoms with Crippen molar-refractivity contribution in [2.24, 2.45) is 0 Å². The van der Waals surface area contributed by atoms with Gasteiger partial charge in [-0.2, -0.15) is 0 Å². The molecule has 0 saturated carbocycles. The van der Waals surface area contributed by atoms with E-state index in [2.05, 4.69) is 10.5 Å². The van der Waals surface area contributed by atoms with Crippen LogP contribution in [0.15, 0.2) is 22.0 Å². The number of carbonyl (C=O) groups is 1. The van der Waals surface area contributed by atoms with Crippen molar-refractivity contribution in [2.75, 3.05) is 19.7 Å². The lowest BCUT2D eigenvalue weighted by molar-refractivity contribution is -0.0138. The van der Waals surface area contributed by atoms with Gasteiger partial charge in [0, 0.05) is 17.0 Å². The van der Waals surface area contributed by atoms with Crippen LogP contribution in [0.4, 0.5) is 4.79 Å². The maximum Gasteiger partial charge on any atom is 0.318 e. The molecule has 1 aliphatic rings. The third kappa shape index (κ3) is 3.40. The molecular formula is C16H21N3O3S. The summed E-state index contributed by atoms with van der Waals surface area (Å²) in [4.78, 5) is 15.5. The van der Waals surface area contributed by atoms with E-state index in [1.807, 2.05) is 43.2 Å². The molecule has 7 heteroatoms. The predicted molar refractivity (Wildman–Crippen MR) is 87.5 cm³/mol. The van der Waals surface area contributed by atoms with Gasteiger partial charge in [0.2, 0.25) is 0 Å². The first-order valence-corrected chi connectivity index (χ1v) is 8.57. The third-order valence-corrected chi connectivity index (χ3v) is 5.04. The van der Waals surface area contributed by atoms with Crippen LogP contribution in [0.5, 0.6) is 0 Å². The predicted octanol–water partition coefficient (Wildman–Crippen LogP) is 3.20. The van der Waals surface area contributed by atoms with Gasteiger partial charge in [0.1, 0.15) is 11.9 Å². The van der Waals surface area contributed by atoms with Gasteiger partial charge in [0.15, 0.2) is 0 Å². The maximum absolute atomic E-state index is 12.6. The Morgan fingerprint density at radius 1 is 1.52 bits per heavy atom. The molecule has 1 fully saturated rings. The number of nitrogens with zero attached hydrogens (tertiary/aromatic N) is 2. The van der Waals surface area contributed by atoms with E-state index in [-0.39, 0.29) is 18.2 Å². The summed E-state index contributed by atoms with van der Waals surface area (Å²) in [6.07, 6.45) is -0.0381. The summed E-state index contributed by atoms with van der Waals surface area (Å²) in [7, 11) is 0. The number of hydrogen-bond donors (Lipinski definition) is 1. The van der Waals surface area contributed by atoms with Crippen LogP contribution in [0.2, 0.25) is 0 Å². The van der Waals surface area contributed by atoms with Crippen molar-refractivity contribution in [3.8, 4) is 0 Å². The number of urea groups is 1. The summed E-state index contributed by atoms with van der Waals surface area (Å²) in [6, 6.07) is 3.82. The van der Waals surface area contributed by atoms with Gasteiger partial charge in [-0.25, -0.2) is 4.79 Å². The zero-order valence-electron chi connectivity index (χ0n) is 13.5. The molecule has 1 saturated heterocycles. The molecule has 0 aliphatic carbocycles. The molecule has 0 aromatic carbocycles. The zero-order valence-corrected chi connectivity index (χ0v) is 14.4. The highest BCUT2D eigenvalue weighted by atomic mass is 32.1. The minimum absolute atomic E-state index is 0.0381. The van der Waals surface area contributed by atoms with Gasteiger partial charge < -0.3 is 19.5 Å². The van der Waals surface area contributed by atoms with E-state index >= 15 is 0 Å². The molecule has 2 aromatic heterocycles. The molecule has 0 spiro atoms. The topological polar surface area (TPSA) is 67.6 Å². The Morgan fingerprint density at radius 2 is 2.35 bits per heavy atom. The molecule has 1 N–H and O–H groups in total. The molecular weight excluding hydrogens is 314 g/mol. The standard InChI is InChI=1S/C16H21N3O3S/c1-10(15-11(2)18-22-12(15)3)17-16(20)19-6-7-21-13(9-19)14-5-4-8-23-14/h4-5,8,10,13H,6-7,9H2,1-3H3,(H,17,20)/t10-,13+/m0/s1. The number of aromatic nitrogens is 1. The maximum atomic E-state index is 12.6. The smallest absolute Gasteiger partial charge is 0.318 e. The van der Waals surface area contributed by atoms with Gasteiger partial charge in [-0.05, 0) is 32.2 Å². The Kier molecular flexibility index (Phi) is 4.68. The second-order valence-electron chi connectivity index (χ2n) is 5.73. The fourth-order valence-corrected chi connectivity index (χ4v) is 3.70. The molecule has 0 radical (unpaired) electrons. The number of morpholine rings is 1. The van der Waals surface area contributed by atoms with Crippen molar-refractivity contribution in [1.29, 1.82) is 0 Å². The minimum Gasteiger partial charge on any atom is -0.369 e. The second kappa shape index (κ2) is 6.72. The van der Waals surface area contributed by atoms with Crippen LogP contribution in [0.25, 0.3) is 0 Å². The average Bonchev–Trinajstić information content (AvgIpc) is 3.17. The largest absolute Gasteiger partial charge is 0.369 e. The van der Waals surface area contributed by atoms with Crippen molar-refractivity contribution < 1.29 is 14.1 Å². The van der Waals surface area contributed by atoms with Crippen LogP contribution < -0.4 is 5.32 Å². The van der Waals surface area contributed by atoms with Gasteiger partial charge in [-0.3, -0.25) is 0 Å². The number of aryl methyl sites for hydroxylation is 2. The van der Waals surface area contributed by atoms with Crippen LogP contribution in [-0.4, -0.2) is 35.8 Å². The number of nitrogens with one attached hydrogen (secondary N) is 1. The highest BCUT2D eigenvalue weighted by molar-refractivity contribution is 7.10. The summed E-state index contributed by atoms with van der Waals surface area (Å²) in [6.45, 7) is 7.41. The van der Waals surface area contributed by atoms with Gasteiger partial charge >= 0.3 is 6.03 Å².